The highest BCUT2D eigenvalue weighted by molar-refractivity contribution is 5.80. The number of benzene rings is 2. The highest BCUT2D eigenvalue weighted by Gasteiger charge is 2.24. The van der Waals surface area contributed by atoms with E-state index in [4.69, 9.17) is 4.74 Å². The van der Waals surface area contributed by atoms with Crippen molar-refractivity contribution in [2.75, 3.05) is 6.61 Å². The molecule has 168 valence electrons. The number of hydrogen-bond donors (Lipinski definition) is 0. The van der Waals surface area contributed by atoms with Gasteiger partial charge in [0, 0.05) is 19.7 Å². The van der Waals surface area contributed by atoms with Crippen molar-refractivity contribution in [3.8, 4) is 17.1 Å². The summed E-state index contributed by atoms with van der Waals surface area (Å²) < 4.78 is 11.7. The lowest BCUT2D eigenvalue weighted by molar-refractivity contribution is 0.340. The minimum absolute atomic E-state index is 0.372. The van der Waals surface area contributed by atoms with Crippen LogP contribution in [0.1, 0.15) is 18.1 Å². The maximum Gasteiger partial charge on any atom is 0.332 e. The highest BCUT2D eigenvalue weighted by atomic mass is 16.5. The van der Waals surface area contributed by atoms with Crippen molar-refractivity contribution in [3.05, 3.63) is 80.5 Å². The Morgan fingerprint density at radius 1 is 0.909 bits per heavy atom. The average Bonchev–Trinajstić information content (AvgIpc) is 3.37. The van der Waals surface area contributed by atoms with Crippen molar-refractivity contribution < 1.29 is 4.74 Å². The second kappa shape index (κ2) is 7.77. The number of imidazole rings is 1. The summed E-state index contributed by atoms with van der Waals surface area (Å²) in [6, 6.07) is 15.6. The molecule has 0 radical (unpaired) electrons. The second-order valence-electron chi connectivity index (χ2n) is 8.07. The third kappa shape index (κ3) is 3.24. The van der Waals surface area contributed by atoms with Gasteiger partial charge in [0.15, 0.2) is 17.0 Å². The molecule has 3 aromatic heterocycles. The van der Waals surface area contributed by atoms with Crippen molar-refractivity contribution in [2.45, 2.75) is 20.4 Å². The zero-order chi connectivity index (χ0) is 23.3. The number of aromatic nitrogens is 6. The van der Waals surface area contributed by atoms with Gasteiger partial charge in [-0.1, -0.05) is 29.8 Å². The first-order valence-corrected chi connectivity index (χ1v) is 10.7. The van der Waals surface area contributed by atoms with Crippen molar-refractivity contribution in [2.24, 2.45) is 14.1 Å². The molecular formula is C24H24N6O3. The van der Waals surface area contributed by atoms with E-state index in [2.05, 4.69) is 10.2 Å². The minimum Gasteiger partial charge on any atom is -0.494 e. The summed E-state index contributed by atoms with van der Waals surface area (Å²) in [6.45, 7) is 4.95. The van der Waals surface area contributed by atoms with Gasteiger partial charge >= 0.3 is 5.69 Å². The first-order valence-electron chi connectivity index (χ1n) is 10.7. The third-order valence-electron chi connectivity index (χ3n) is 5.86. The van der Waals surface area contributed by atoms with Gasteiger partial charge in [0.25, 0.3) is 5.56 Å². The first kappa shape index (κ1) is 20.7. The quantitative estimate of drug-likeness (QED) is 0.416. The first-order chi connectivity index (χ1) is 15.9. The van der Waals surface area contributed by atoms with Crippen LogP contribution in [0, 0.1) is 6.92 Å². The van der Waals surface area contributed by atoms with E-state index in [0.29, 0.717) is 35.9 Å². The average molecular weight is 444 g/mol. The van der Waals surface area contributed by atoms with Crippen LogP contribution in [0.3, 0.4) is 0 Å². The normalized spacial score (nSPS) is 11.5. The molecule has 0 N–H and O–H groups in total. The second-order valence-corrected chi connectivity index (χ2v) is 8.07. The van der Waals surface area contributed by atoms with Gasteiger partial charge in [-0.15, -0.1) is 10.2 Å². The van der Waals surface area contributed by atoms with E-state index in [0.717, 1.165) is 27.0 Å². The zero-order valence-electron chi connectivity index (χ0n) is 18.9. The van der Waals surface area contributed by atoms with E-state index >= 15 is 0 Å². The Labute approximate surface area is 189 Å². The van der Waals surface area contributed by atoms with Crippen LogP contribution < -0.4 is 16.0 Å². The van der Waals surface area contributed by atoms with E-state index in [-0.39, 0.29) is 5.56 Å². The van der Waals surface area contributed by atoms with Gasteiger partial charge in [0.05, 0.1) is 13.2 Å². The standard InChI is InChI=1S/C24H24N6O3/c1-5-33-18-12-10-17(11-13-18)20-25-26-23-29(14-16-8-6-15(2)7-9-16)19-21(30(20)23)27(3)24(32)28(4)22(19)31/h6-13H,5,14H2,1-4H3. The molecule has 0 amide bonds. The molecule has 0 aliphatic carbocycles. The molecule has 33 heavy (non-hydrogen) atoms. The summed E-state index contributed by atoms with van der Waals surface area (Å²) in [5.74, 6) is 1.79. The van der Waals surface area contributed by atoms with Gasteiger partial charge in [-0.05, 0) is 43.7 Å². The van der Waals surface area contributed by atoms with Gasteiger partial charge in [0.2, 0.25) is 5.78 Å². The number of aryl methyl sites for hydroxylation is 2. The lowest BCUT2D eigenvalue weighted by Crippen LogP contribution is -2.37. The Bertz CT molecular complexity index is 1600. The van der Waals surface area contributed by atoms with Crippen LogP contribution in [-0.4, -0.2) is 34.9 Å². The van der Waals surface area contributed by atoms with Crippen LogP contribution >= 0.6 is 0 Å². The van der Waals surface area contributed by atoms with Crippen LogP contribution in [0.15, 0.2) is 58.1 Å². The number of nitrogens with zero attached hydrogens (tertiary/aromatic N) is 6. The predicted octanol–water partition coefficient (Wildman–Crippen LogP) is 2.50. The Hall–Kier alpha value is -4.14. The molecule has 0 aliphatic rings. The maximum atomic E-state index is 13.2. The smallest absolute Gasteiger partial charge is 0.332 e. The Morgan fingerprint density at radius 2 is 1.61 bits per heavy atom. The van der Waals surface area contributed by atoms with Crippen molar-refractivity contribution in [3.63, 3.8) is 0 Å². The third-order valence-corrected chi connectivity index (χ3v) is 5.86. The van der Waals surface area contributed by atoms with Gasteiger partial charge in [-0.2, -0.15) is 0 Å². The van der Waals surface area contributed by atoms with Crippen molar-refractivity contribution >= 4 is 16.9 Å². The fourth-order valence-electron chi connectivity index (χ4n) is 4.13. The lowest BCUT2D eigenvalue weighted by atomic mass is 10.1. The fraction of sp³-hybridized carbons (Fsp3) is 0.250. The molecule has 0 saturated carbocycles. The molecule has 0 spiro atoms. The number of rotatable bonds is 5. The summed E-state index contributed by atoms with van der Waals surface area (Å²) >= 11 is 0. The van der Waals surface area contributed by atoms with Gasteiger partial charge in [0.1, 0.15) is 5.75 Å². The number of ether oxygens (including phenoxy) is 1. The Balaban J connectivity index is 1.82. The molecule has 3 heterocycles. The minimum atomic E-state index is -0.409. The zero-order valence-corrected chi connectivity index (χ0v) is 18.9. The molecule has 9 heteroatoms. The molecule has 5 rings (SSSR count). The summed E-state index contributed by atoms with van der Waals surface area (Å²) in [4.78, 5) is 26.0. The SMILES string of the molecule is CCOc1ccc(-c2nnc3n(Cc4ccc(C)cc4)c4c(=O)n(C)c(=O)n(C)c4n23)cc1. The highest BCUT2D eigenvalue weighted by Crippen LogP contribution is 2.26. The molecule has 0 atom stereocenters. The summed E-state index contributed by atoms with van der Waals surface area (Å²) in [5.41, 5.74) is 3.04. The van der Waals surface area contributed by atoms with E-state index in [9.17, 15) is 9.59 Å². The fourth-order valence-corrected chi connectivity index (χ4v) is 4.13. The van der Waals surface area contributed by atoms with E-state index in [1.165, 1.54) is 11.6 Å². The molecule has 0 saturated heterocycles. The van der Waals surface area contributed by atoms with Crippen LogP contribution in [0.25, 0.3) is 28.3 Å². The largest absolute Gasteiger partial charge is 0.494 e. The van der Waals surface area contributed by atoms with E-state index < -0.39 is 5.69 Å². The van der Waals surface area contributed by atoms with E-state index in [1.807, 2.05) is 66.9 Å². The van der Waals surface area contributed by atoms with Gasteiger partial charge in [-0.3, -0.25) is 18.5 Å². The van der Waals surface area contributed by atoms with Gasteiger partial charge in [-0.25, -0.2) is 9.20 Å². The molecule has 2 aromatic carbocycles. The van der Waals surface area contributed by atoms with Crippen molar-refractivity contribution in [1.29, 1.82) is 0 Å². The van der Waals surface area contributed by atoms with Crippen molar-refractivity contribution in [1.82, 2.24) is 28.3 Å². The molecule has 5 aromatic rings. The number of hydrogen-bond acceptors (Lipinski definition) is 5. The van der Waals surface area contributed by atoms with Crippen LogP contribution in [0.4, 0.5) is 0 Å². The predicted molar refractivity (Wildman–Crippen MR) is 126 cm³/mol. The molecule has 0 fully saturated rings. The maximum absolute atomic E-state index is 13.2. The van der Waals surface area contributed by atoms with Gasteiger partial charge < -0.3 is 4.74 Å². The van der Waals surface area contributed by atoms with E-state index in [1.54, 1.807) is 11.4 Å². The summed E-state index contributed by atoms with van der Waals surface area (Å²) in [6.07, 6.45) is 0. The van der Waals surface area contributed by atoms with Crippen LogP contribution in [-0.2, 0) is 20.6 Å². The molecule has 0 unspecified atom stereocenters. The summed E-state index contributed by atoms with van der Waals surface area (Å²) in [7, 11) is 3.14. The monoisotopic (exact) mass is 444 g/mol. The van der Waals surface area contributed by atoms with Crippen LogP contribution in [0.2, 0.25) is 0 Å². The molecule has 0 bridgehead atoms. The Kier molecular flexibility index (Phi) is 4.88. The molecule has 9 nitrogen and oxygen atoms in total. The summed E-state index contributed by atoms with van der Waals surface area (Å²) in [5, 5.41) is 8.85. The lowest BCUT2D eigenvalue weighted by Gasteiger charge is -2.08. The molecular weight excluding hydrogens is 420 g/mol. The number of fused-ring (bicyclic) bond motifs is 3. The Morgan fingerprint density at radius 3 is 2.27 bits per heavy atom. The molecule has 0 aliphatic heterocycles. The topological polar surface area (TPSA) is 88.3 Å². The van der Waals surface area contributed by atoms with Crippen LogP contribution in [0.5, 0.6) is 5.75 Å².